The Morgan fingerprint density at radius 2 is 1.65 bits per heavy atom. The summed E-state index contributed by atoms with van der Waals surface area (Å²) >= 11 is 0. The number of aliphatic imine (C=N–C) groups is 1. The van der Waals surface area contributed by atoms with Crippen molar-refractivity contribution in [3.8, 4) is 5.75 Å². The van der Waals surface area contributed by atoms with Crippen LogP contribution in [0.1, 0.15) is 80.3 Å². The van der Waals surface area contributed by atoms with Gasteiger partial charge in [-0.1, -0.05) is 62.7 Å². The quantitative estimate of drug-likeness (QED) is 0.0733. The normalized spacial score (nSPS) is 14.9. The second kappa shape index (κ2) is 17.3. The molecule has 14 heteroatoms. The molecule has 2 N–H and O–H groups in total. The lowest BCUT2D eigenvalue weighted by atomic mass is 9.78. The largest absolute Gasteiger partial charge is 0.465 e. The van der Waals surface area contributed by atoms with E-state index < -0.39 is 41.4 Å². The van der Waals surface area contributed by atoms with Crippen LogP contribution in [-0.4, -0.2) is 63.9 Å². The Labute approximate surface area is 314 Å². The third kappa shape index (κ3) is 8.33. The predicted molar refractivity (Wildman–Crippen MR) is 204 cm³/mol. The molecule has 3 amide bonds. The fraction of sp³-hybridized carbons (Fsp3) is 0.375. The number of benzene rings is 3. The van der Waals surface area contributed by atoms with Gasteiger partial charge in [0, 0.05) is 17.8 Å². The average Bonchev–Trinajstić information content (AvgIpc) is 3.64. The lowest BCUT2D eigenvalue weighted by molar-refractivity contribution is -0.140. The van der Waals surface area contributed by atoms with Crippen molar-refractivity contribution < 1.29 is 33.4 Å². The first-order valence-electron chi connectivity index (χ1n) is 18.1. The Morgan fingerprint density at radius 3 is 2.31 bits per heavy atom. The van der Waals surface area contributed by atoms with Gasteiger partial charge in [-0.05, 0) is 82.0 Å². The van der Waals surface area contributed by atoms with Crippen LogP contribution in [0.15, 0.2) is 78.0 Å². The monoisotopic (exact) mass is 737 g/mol. The highest BCUT2D eigenvalue weighted by Gasteiger charge is 2.52. The number of carbonyl (C=O) groups is 4. The maximum Gasteiger partial charge on any atom is 0.378 e. The van der Waals surface area contributed by atoms with Gasteiger partial charge in [-0.2, -0.15) is 4.99 Å². The smallest absolute Gasteiger partial charge is 0.378 e. The summed E-state index contributed by atoms with van der Waals surface area (Å²) in [6, 6.07) is 18.5. The number of anilines is 3. The van der Waals surface area contributed by atoms with Crippen LogP contribution in [0.5, 0.6) is 5.75 Å². The van der Waals surface area contributed by atoms with E-state index >= 15 is 0 Å². The Balaban J connectivity index is 1.46. The molecule has 284 valence electrons. The highest BCUT2D eigenvalue weighted by molar-refractivity contribution is 6.34. The van der Waals surface area contributed by atoms with Gasteiger partial charge in [0.15, 0.2) is 11.9 Å². The van der Waals surface area contributed by atoms with E-state index in [0.717, 1.165) is 27.1 Å². The first-order chi connectivity index (χ1) is 26.0. The van der Waals surface area contributed by atoms with E-state index in [9.17, 15) is 19.2 Å². The van der Waals surface area contributed by atoms with Crippen LogP contribution in [0, 0.1) is 26.2 Å². The fourth-order valence-electron chi connectivity index (χ4n) is 6.17. The highest BCUT2D eigenvalue weighted by atomic mass is 16.7. The van der Waals surface area contributed by atoms with Crippen LogP contribution in [-0.2, 0) is 23.9 Å². The SMILES string of the molecule is CCOC(=O)c1ncn(C(C(=O)Nc2cc(NCOC(CC)Oc3ccc(C)cc3C)ccc2C)C2=NC(=O)C(CC)(CC)C(=O)N2c2ccccc2)n1. The number of amidine groups is 1. The molecule has 2 atom stereocenters. The number of ether oxygens (including phenoxy) is 3. The third-order valence-electron chi connectivity index (χ3n) is 9.38. The number of aryl methyl sites for hydroxylation is 3. The van der Waals surface area contributed by atoms with E-state index in [1.54, 1.807) is 57.2 Å². The summed E-state index contributed by atoms with van der Waals surface area (Å²) in [5, 5.41) is 10.4. The van der Waals surface area contributed by atoms with Crippen LogP contribution in [0.4, 0.5) is 17.1 Å². The summed E-state index contributed by atoms with van der Waals surface area (Å²) in [5.74, 6) is -2.44. The molecule has 1 aliphatic rings. The number of amides is 3. The van der Waals surface area contributed by atoms with Gasteiger partial charge >= 0.3 is 5.97 Å². The number of aromatic nitrogens is 3. The number of hydrogen-bond acceptors (Lipinski definition) is 10. The van der Waals surface area contributed by atoms with Crippen molar-refractivity contribution in [2.45, 2.75) is 80.1 Å². The van der Waals surface area contributed by atoms with Crippen molar-refractivity contribution >= 4 is 46.6 Å². The zero-order chi connectivity index (χ0) is 39.0. The molecule has 2 heterocycles. The zero-order valence-electron chi connectivity index (χ0n) is 31.7. The molecular weight excluding hydrogens is 690 g/mol. The van der Waals surface area contributed by atoms with Crippen molar-refractivity contribution in [1.82, 2.24) is 14.8 Å². The minimum atomic E-state index is -1.52. The summed E-state index contributed by atoms with van der Waals surface area (Å²) in [4.78, 5) is 65.1. The lowest BCUT2D eigenvalue weighted by Crippen LogP contribution is -2.58. The van der Waals surface area contributed by atoms with Crippen LogP contribution in [0.3, 0.4) is 0 Å². The molecule has 54 heavy (non-hydrogen) atoms. The number of esters is 1. The van der Waals surface area contributed by atoms with Gasteiger partial charge in [0.2, 0.25) is 12.2 Å². The van der Waals surface area contributed by atoms with E-state index in [1.807, 2.05) is 52.0 Å². The van der Waals surface area contributed by atoms with Gasteiger partial charge in [0.1, 0.15) is 24.2 Å². The molecule has 0 aliphatic carbocycles. The fourth-order valence-corrected chi connectivity index (χ4v) is 6.17. The number of nitrogens with zero attached hydrogens (tertiary/aromatic N) is 5. The standard InChI is InChI=1S/C40H47N7O7/c1-8-32(54-31-20-17-25(5)21-27(31)7)53-24-42-28-19-18-26(6)30(22-28)43-36(48)33(46-23-41-34(45-46)37(49)52-11-4)35-44-38(50)40(9-2,10-3)39(51)47(35)29-15-13-12-14-16-29/h12-23,32-33,42H,8-11,24H2,1-7H3,(H,43,48). The van der Waals surface area contributed by atoms with Gasteiger partial charge in [-0.15, -0.1) is 5.10 Å². The Kier molecular flexibility index (Phi) is 12.6. The van der Waals surface area contributed by atoms with Gasteiger partial charge in [-0.25, -0.2) is 14.5 Å². The maximum absolute atomic E-state index is 14.5. The van der Waals surface area contributed by atoms with Gasteiger partial charge in [0.05, 0.1) is 12.3 Å². The summed E-state index contributed by atoms with van der Waals surface area (Å²) in [7, 11) is 0. The molecule has 1 aromatic heterocycles. The average molecular weight is 738 g/mol. The minimum absolute atomic E-state index is 0.0815. The first kappa shape index (κ1) is 39.3. The van der Waals surface area contributed by atoms with Crippen molar-refractivity contribution in [3.05, 3.63) is 95.6 Å². The van der Waals surface area contributed by atoms with Crippen molar-refractivity contribution in [2.24, 2.45) is 10.4 Å². The number of para-hydroxylation sites is 1. The van der Waals surface area contributed by atoms with Crippen LogP contribution < -0.4 is 20.3 Å². The molecule has 2 unspecified atom stereocenters. The Bertz CT molecular complexity index is 2020. The van der Waals surface area contributed by atoms with E-state index in [4.69, 9.17) is 14.2 Å². The molecule has 0 saturated carbocycles. The number of rotatable bonds is 16. The van der Waals surface area contributed by atoms with E-state index in [2.05, 4.69) is 31.8 Å². The minimum Gasteiger partial charge on any atom is -0.465 e. The van der Waals surface area contributed by atoms with Gasteiger partial charge in [-0.3, -0.25) is 19.3 Å². The van der Waals surface area contributed by atoms with Crippen LogP contribution in [0.2, 0.25) is 0 Å². The summed E-state index contributed by atoms with van der Waals surface area (Å²) in [5.41, 5.74) is 2.91. The van der Waals surface area contributed by atoms with Crippen molar-refractivity contribution in [3.63, 3.8) is 0 Å². The molecule has 0 spiro atoms. The molecule has 14 nitrogen and oxygen atoms in total. The first-order valence-corrected chi connectivity index (χ1v) is 18.1. The second-order valence-electron chi connectivity index (χ2n) is 12.9. The molecule has 0 saturated heterocycles. The number of carbonyl (C=O) groups excluding carboxylic acids is 4. The van der Waals surface area contributed by atoms with Gasteiger partial charge < -0.3 is 24.8 Å². The van der Waals surface area contributed by atoms with E-state index in [1.165, 1.54) is 11.2 Å². The maximum atomic E-state index is 14.5. The van der Waals surface area contributed by atoms with Crippen molar-refractivity contribution in [2.75, 3.05) is 28.9 Å². The number of hydrogen-bond donors (Lipinski definition) is 2. The number of nitrogens with one attached hydrogen (secondary N) is 2. The third-order valence-corrected chi connectivity index (χ3v) is 9.38. The zero-order valence-corrected chi connectivity index (χ0v) is 31.7. The van der Waals surface area contributed by atoms with Crippen LogP contribution in [0.25, 0.3) is 0 Å². The molecule has 1 aliphatic heterocycles. The molecular formula is C40H47N7O7. The Morgan fingerprint density at radius 1 is 0.907 bits per heavy atom. The predicted octanol–water partition coefficient (Wildman–Crippen LogP) is 6.54. The molecule has 0 bridgehead atoms. The molecule has 3 aromatic carbocycles. The lowest BCUT2D eigenvalue weighted by Gasteiger charge is -2.39. The highest BCUT2D eigenvalue weighted by Crippen LogP contribution is 2.38. The summed E-state index contributed by atoms with van der Waals surface area (Å²) in [6.07, 6.45) is 1.69. The topological polar surface area (TPSA) is 166 Å². The molecule has 5 rings (SSSR count). The summed E-state index contributed by atoms with van der Waals surface area (Å²) in [6.45, 7) is 13.2. The van der Waals surface area contributed by atoms with Crippen LogP contribution >= 0.6 is 0 Å². The summed E-state index contributed by atoms with van der Waals surface area (Å²) < 4.78 is 18.3. The van der Waals surface area contributed by atoms with Gasteiger partial charge in [0.25, 0.3) is 17.6 Å². The molecule has 0 fully saturated rings. The Hall–Kier alpha value is -5.89. The van der Waals surface area contributed by atoms with E-state index in [0.29, 0.717) is 23.5 Å². The second-order valence-corrected chi connectivity index (χ2v) is 12.9. The van der Waals surface area contributed by atoms with Crippen molar-refractivity contribution in [1.29, 1.82) is 0 Å². The molecule has 0 radical (unpaired) electrons. The molecule has 4 aromatic rings. The van der Waals surface area contributed by atoms with E-state index in [-0.39, 0.29) is 37.8 Å².